The molecule has 2 aromatic heterocycles. The van der Waals surface area contributed by atoms with E-state index in [-0.39, 0.29) is 5.82 Å². The van der Waals surface area contributed by atoms with Crippen molar-refractivity contribution < 1.29 is 9.13 Å². The minimum atomic E-state index is -0.300. The van der Waals surface area contributed by atoms with Crippen LogP contribution in [0.15, 0.2) is 54.9 Å². The Morgan fingerprint density at radius 1 is 1.00 bits per heavy atom. The summed E-state index contributed by atoms with van der Waals surface area (Å²) >= 11 is 0. The summed E-state index contributed by atoms with van der Waals surface area (Å²) in [6.07, 6.45) is 3.41. The van der Waals surface area contributed by atoms with E-state index in [1.165, 1.54) is 6.07 Å². The highest BCUT2D eigenvalue weighted by molar-refractivity contribution is 5.68. The van der Waals surface area contributed by atoms with Gasteiger partial charge in [-0.2, -0.15) is 0 Å². The van der Waals surface area contributed by atoms with E-state index in [9.17, 15) is 4.39 Å². The van der Waals surface area contributed by atoms with E-state index >= 15 is 0 Å². The Hall–Kier alpha value is -2.86. The molecule has 5 nitrogen and oxygen atoms in total. The fourth-order valence-corrected chi connectivity index (χ4v) is 2.82. The normalized spacial score (nSPS) is 14.5. The van der Waals surface area contributed by atoms with Crippen LogP contribution < -0.4 is 4.90 Å². The number of halogens is 1. The number of benzene rings is 1. The molecular weight excluding hydrogens is 319 g/mol. The van der Waals surface area contributed by atoms with Gasteiger partial charge in [-0.05, 0) is 24.3 Å². The number of hydrogen-bond acceptors (Lipinski definition) is 5. The van der Waals surface area contributed by atoms with E-state index in [0.717, 1.165) is 24.5 Å². The Morgan fingerprint density at radius 2 is 1.84 bits per heavy atom. The molecule has 0 saturated carbocycles. The number of anilines is 1. The van der Waals surface area contributed by atoms with Gasteiger partial charge in [0.15, 0.2) is 5.82 Å². The first-order valence-electron chi connectivity index (χ1n) is 8.18. The lowest BCUT2D eigenvalue weighted by Crippen LogP contribution is -2.36. The molecule has 4 rings (SSSR count). The highest BCUT2D eigenvalue weighted by Gasteiger charge is 2.17. The number of aromatic nitrogens is 3. The lowest BCUT2D eigenvalue weighted by molar-refractivity contribution is 0.122. The Balaban J connectivity index is 1.84. The van der Waals surface area contributed by atoms with Gasteiger partial charge in [0.2, 0.25) is 0 Å². The highest BCUT2D eigenvalue weighted by Crippen LogP contribution is 2.27. The molecule has 1 aromatic carbocycles. The van der Waals surface area contributed by atoms with Crippen molar-refractivity contribution in [1.29, 1.82) is 0 Å². The molecular formula is C19H17FN4O. The van der Waals surface area contributed by atoms with Gasteiger partial charge in [0.25, 0.3) is 0 Å². The SMILES string of the molecule is Fc1ccccc1-c1cc(N2CCOCC2)nc(-c2cccnc2)n1. The summed E-state index contributed by atoms with van der Waals surface area (Å²) in [5, 5.41) is 0. The van der Waals surface area contributed by atoms with Gasteiger partial charge >= 0.3 is 0 Å². The van der Waals surface area contributed by atoms with Crippen molar-refractivity contribution in [3.8, 4) is 22.6 Å². The zero-order valence-electron chi connectivity index (χ0n) is 13.6. The molecule has 3 heterocycles. The summed E-state index contributed by atoms with van der Waals surface area (Å²) in [5.74, 6) is 1.01. The largest absolute Gasteiger partial charge is 0.378 e. The van der Waals surface area contributed by atoms with Crippen molar-refractivity contribution in [2.24, 2.45) is 0 Å². The molecule has 0 N–H and O–H groups in total. The van der Waals surface area contributed by atoms with Gasteiger partial charge in [0.1, 0.15) is 11.6 Å². The van der Waals surface area contributed by atoms with Gasteiger partial charge in [-0.1, -0.05) is 12.1 Å². The maximum absolute atomic E-state index is 14.3. The van der Waals surface area contributed by atoms with Gasteiger partial charge in [-0.15, -0.1) is 0 Å². The van der Waals surface area contributed by atoms with Crippen LogP contribution in [0.3, 0.4) is 0 Å². The van der Waals surface area contributed by atoms with Crippen LogP contribution in [0.1, 0.15) is 0 Å². The van der Waals surface area contributed by atoms with E-state index in [4.69, 9.17) is 4.74 Å². The summed E-state index contributed by atoms with van der Waals surface area (Å²) in [5.41, 5.74) is 1.83. The standard InChI is InChI=1S/C19H17FN4O/c20-16-6-2-1-5-15(16)17-12-18(24-8-10-25-11-9-24)23-19(22-17)14-4-3-7-21-13-14/h1-7,12-13H,8-11H2. The molecule has 1 aliphatic rings. The van der Waals surface area contributed by atoms with Crippen molar-refractivity contribution in [2.45, 2.75) is 0 Å². The van der Waals surface area contributed by atoms with Crippen LogP contribution in [0.4, 0.5) is 10.2 Å². The molecule has 1 saturated heterocycles. The zero-order valence-corrected chi connectivity index (χ0v) is 13.6. The van der Waals surface area contributed by atoms with Crippen LogP contribution in [0.25, 0.3) is 22.6 Å². The first-order valence-corrected chi connectivity index (χ1v) is 8.18. The average molecular weight is 336 g/mol. The van der Waals surface area contributed by atoms with Gasteiger partial charge in [0, 0.05) is 42.7 Å². The maximum atomic E-state index is 14.3. The third kappa shape index (κ3) is 3.34. The van der Waals surface area contributed by atoms with Crippen molar-refractivity contribution in [1.82, 2.24) is 15.0 Å². The van der Waals surface area contributed by atoms with E-state index in [0.29, 0.717) is 30.3 Å². The fourth-order valence-electron chi connectivity index (χ4n) is 2.82. The Labute approximate surface area is 145 Å². The first-order chi connectivity index (χ1) is 12.3. The number of rotatable bonds is 3. The van der Waals surface area contributed by atoms with Crippen LogP contribution in [0.5, 0.6) is 0 Å². The van der Waals surface area contributed by atoms with Crippen LogP contribution in [-0.2, 0) is 4.74 Å². The number of pyridine rings is 1. The van der Waals surface area contributed by atoms with E-state index in [2.05, 4.69) is 19.9 Å². The topological polar surface area (TPSA) is 51.1 Å². The molecule has 126 valence electrons. The summed E-state index contributed by atoms with van der Waals surface area (Å²) in [7, 11) is 0. The van der Waals surface area contributed by atoms with Gasteiger partial charge < -0.3 is 9.64 Å². The lowest BCUT2D eigenvalue weighted by Gasteiger charge is -2.28. The summed E-state index contributed by atoms with van der Waals surface area (Å²) in [4.78, 5) is 15.5. The Morgan fingerprint density at radius 3 is 2.60 bits per heavy atom. The third-order valence-electron chi connectivity index (χ3n) is 4.12. The van der Waals surface area contributed by atoms with Crippen molar-refractivity contribution in [3.63, 3.8) is 0 Å². The Bertz CT molecular complexity index is 866. The van der Waals surface area contributed by atoms with E-state index in [1.54, 1.807) is 30.6 Å². The maximum Gasteiger partial charge on any atom is 0.163 e. The monoisotopic (exact) mass is 336 g/mol. The lowest BCUT2D eigenvalue weighted by atomic mass is 10.1. The first kappa shape index (κ1) is 15.7. The molecule has 6 heteroatoms. The molecule has 0 radical (unpaired) electrons. The summed E-state index contributed by atoms with van der Waals surface area (Å²) in [6, 6.07) is 12.2. The average Bonchev–Trinajstić information content (AvgIpc) is 2.69. The molecule has 1 aliphatic heterocycles. The van der Waals surface area contributed by atoms with E-state index < -0.39 is 0 Å². The summed E-state index contributed by atoms with van der Waals surface area (Å²) < 4.78 is 19.7. The Kier molecular flexibility index (Phi) is 4.35. The molecule has 0 atom stereocenters. The minimum absolute atomic E-state index is 0.300. The molecule has 1 fully saturated rings. The molecule has 0 unspecified atom stereocenters. The number of morpholine rings is 1. The van der Waals surface area contributed by atoms with Crippen molar-refractivity contribution in [2.75, 3.05) is 31.2 Å². The molecule has 0 bridgehead atoms. The zero-order chi connectivity index (χ0) is 17.1. The fraction of sp³-hybridized carbons (Fsp3) is 0.211. The second-order valence-corrected chi connectivity index (χ2v) is 5.76. The van der Waals surface area contributed by atoms with Crippen LogP contribution in [-0.4, -0.2) is 41.3 Å². The number of nitrogens with zero attached hydrogens (tertiary/aromatic N) is 4. The number of hydrogen-bond donors (Lipinski definition) is 0. The van der Waals surface area contributed by atoms with Crippen molar-refractivity contribution in [3.05, 3.63) is 60.7 Å². The molecule has 3 aromatic rings. The van der Waals surface area contributed by atoms with Crippen molar-refractivity contribution >= 4 is 5.82 Å². The smallest absolute Gasteiger partial charge is 0.163 e. The second kappa shape index (κ2) is 6.94. The van der Waals surface area contributed by atoms with Crippen LogP contribution in [0.2, 0.25) is 0 Å². The molecule has 25 heavy (non-hydrogen) atoms. The van der Waals surface area contributed by atoms with Gasteiger partial charge in [-0.3, -0.25) is 4.98 Å². The predicted octanol–water partition coefficient (Wildman–Crippen LogP) is 3.18. The minimum Gasteiger partial charge on any atom is -0.378 e. The van der Waals surface area contributed by atoms with E-state index in [1.807, 2.05) is 18.2 Å². The number of ether oxygens (including phenoxy) is 1. The highest BCUT2D eigenvalue weighted by atomic mass is 19.1. The van der Waals surface area contributed by atoms with Gasteiger partial charge in [0.05, 0.1) is 18.9 Å². The molecule has 0 spiro atoms. The molecule has 0 aliphatic carbocycles. The van der Waals surface area contributed by atoms with Crippen LogP contribution in [0, 0.1) is 5.82 Å². The quantitative estimate of drug-likeness (QED) is 0.735. The second-order valence-electron chi connectivity index (χ2n) is 5.76. The third-order valence-corrected chi connectivity index (χ3v) is 4.12. The predicted molar refractivity (Wildman–Crippen MR) is 93.7 cm³/mol. The molecule has 0 amide bonds. The van der Waals surface area contributed by atoms with Gasteiger partial charge in [-0.25, -0.2) is 14.4 Å². The summed E-state index contributed by atoms with van der Waals surface area (Å²) in [6.45, 7) is 2.81. The van der Waals surface area contributed by atoms with Crippen LogP contribution >= 0.6 is 0 Å².